The van der Waals surface area contributed by atoms with Crippen molar-refractivity contribution >= 4 is 33.4 Å². The molecule has 0 radical (unpaired) electrons. The van der Waals surface area contributed by atoms with Crippen LogP contribution in [0.5, 0.6) is 5.75 Å². The molecule has 2 amide bonds. The molecule has 2 aromatic rings. The van der Waals surface area contributed by atoms with Crippen LogP contribution >= 0.6 is 15.9 Å². The van der Waals surface area contributed by atoms with Crippen molar-refractivity contribution in [3.05, 3.63) is 58.1 Å². The van der Waals surface area contributed by atoms with Crippen LogP contribution in [-0.2, 0) is 11.0 Å². The molecule has 2 N–H and O–H groups in total. The van der Waals surface area contributed by atoms with Crippen LogP contribution in [0.4, 0.5) is 18.9 Å². The Bertz CT molecular complexity index is 856. The molecule has 27 heavy (non-hydrogen) atoms. The zero-order valence-corrected chi connectivity index (χ0v) is 15.8. The van der Waals surface area contributed by atoms with E-state index in [0.29, 0.717) is 4.47 Å². The molecule has 2 rings (SSSR count). The summed E-state index contributed by atoms with van der Waals surface area (Å²) in [4.78, 5) is 25.9. The number of phenols is 1. The van der Waals surface area contributed by atoms with Gasteiger partial charge < -0.3 is 15.3 Å². The second-order valence-corrected chi connectivity index (χ2v) is 6.49. The average Bonchev–Trinajstić information content (AvgIpc) is 2.60. The van der Waals surface area contributed by atoms with Crippen LogP contribution in [0.25, 0.3) is 0 Å². The number of benzene rings is 2. The third kappa shape index (κ3) is 5.22. The first kappa shape index (κ1) is 20.8. The number of anilines is 1. The molecule has 0 unspecified atom stereocenters. The number of carbonyl (C=O) groups is 2. The Labute approximate surface area is 161 Å². The van der Waals surface area contributed by atoms with Gasteiger partial charge in [0.05, 0.1) is 16.8 Å². The Morgan fingerprint density at radius 3 is 2.48 bits per heavy atom. The minimum absolute atomic E-state index is 0.0188. The zero-order chi connectivity index (χ0) is 20.2. The molecule has 0 aliphatic carbocycles. The number of amides is 2. The van der Waals surface area contributed by atoms with Crippen LogP contribution < -0.4 is 5.32 Å². The molecule has 0 fully saturated rings. The lowest BCUT2D eigenvalue weighted by molar-refractivity contribution is -0.137. The van der Waals surface area contributed by atoms with E-state index in [4.69, 9.17) is 0 Å². The van der Waals surface area contributed by atoms with Crippen molar-refractivity contribution in [2.24, 2.45) is 0 Å². The third-order valence-corrected chi connectivity index (χ3v) is 4.19. The van der Waals surface area contributed by atoms with Gasteiger partial charge in [0.1, 0.15) is 12.3 Å². The van der Waals surface area contributed by atoms with Crippen LogP contribution in [0.1, 0.15) is 22.8 Å². The van der Waals surface area contributed by atoms with Gasteiger partial charge in [-0.25, -0.2) is 0 Å². The van der Waals surface area contributed by atoms with Crippen molar-refractivity contribution < 1.29 is 27.9 Å². The SMILES string of the molecule is CCN(CC(=O)Nc1ccccc1C(F)(F)F)C(=O)c1cc(Br)ccc1O. The first-order valence-electron chi connectivity index (χ1n) is 7.87. The lowest BCUT2D eigenvalue weighted by atomic mass is 10.1. The van der Waals surface area contributed by atoms with E-state index < -0.39 is 30.1 Å². The Kier molecular flexibility index (Phi) is 6.48. The van der Waals surface area contributed by atoms with Crippen molar-refractivity contribution in [1.29, 1.82) is 0 Å². The van der Waals surface area contributed by atoms with Gasteiger partial charge in [-0.1, -0.05) is 28.1 Å². The van der Waals surface area contributed by atoms with Crippen molar-refractivity contribution in [1.82, 2.24) is 4.90 Å². The Balaban J connectivity index is 2.17. The van der Waals surface area contributed by atoms with E-state index in [2.05, 4.69) is 21.2 Å². The number of rotatable bonds is 5. The predicted molar refractivity (Wildman–Crippen MR) is 97.5 cm³/mol. The Morgan fingerprint density at radius 2 is 1.85 bits per heavy atom. The topological polar surface area (TPSA) is 69.6 Å². The molecular formula is C18H16BrF3N2O3. The van der Waals surface area contributed by atoms with Crippen LogP contribution in [0.3, 0.4) is 0 Å². The van der Waals surface area contributed by atoms with Gasteiger partial charge in [0, 0.05) is 11.0 Å². The summed E-state index contributed by atoms with van der Waals surface area (Å²) in [7, 11) is 0. The summed E-state index contributed by atoms with van der Waals surface area (Å²) >= 11 is 3.19. The largest absolute Gasteiger partial charge is 0.507 e. The number of phenolic OH excluding ortho intramolecular Hbond substituents is 1. The maximum Gasteiger partial charge on any atom is 0.418 e. The maximum absolute atomic E-state index is 13.0. The van der Waals surface area contributed by atoms with Crippen molar-refractivity contribution in [3.8, 4) is 5.75 Å². The molecule has 0 spiro atoms. The third-order valence-electron chi connectivity index (χ3n) is 3.70. The van der Waals surface area contributed by atoms with Crippen molar-refractivity contribution in [2.75, 3.05) is 18.4 Å². The highest BCUT2D eigenvalue weighted by Gasteiger charge is 2.33. The number of nitrogens with zero attached hydrogens (tertiary/aromatic N) is 1. The quantitative estimate of drug-likeness (QED) is 0.723. The number of para-hydroxylation sites is 1. The predicted octanol–water partition coefficient (Wildman–Crippen LogP) is 4.27. The fourth-order valence-corrected chi connectivity index (χ4v) is 2.74. The Morgan fingerprint density at radius 1 is 1.19 bits per heavy atom. The first-order valence-corrected chi connectivity index (χ1v) is 8.66. The molecule has 144 valence electrons. The molecule has 0 aromatic heterocycles. The monoisotopic (exact) mass is 444 g/mol. The molecule has 9 heteroatoms. The van der Waals surface area contributed by atoms with Gasteiger partial charge >= 0.3 is 6.18 Å². The molecule has 5 nitrogen and oxygen atoms in total. The number of hydrogen-bond acceptors (Lipinski definition) is 3. The molecule has 0 aliphatic rings. The minimum Gasteiger partial charge on any atom is -0.507 e. The number of nitrogens with one attached hydrogen (secondary N) is 1. The van der Waals surface area contributed by atoms with E-state index in [-0.39, 0.29) is 23.5 Å². The highest BCUT2D eigenvalue weighted by atomic mass is 79.9. The number of alkyl halides is 3. The summed E-state index contributed by atoms with van der Waals surface area (Å²) in [5.41, 5.74) is -1.38. The van der Waals surface area contributed by atoms with E-state index in [1.165, 1.54) is 24.3 Å². The molecule has 2 aromatic carbocycles. The number of hydrogen-bond donors (Lipinski definition) is 2. The van der Waals surface area contributed by atoms with Gasteiger partial charge in [0.2, 0.25) is 5.91 Å². The fourth-order valence-electron chi connectivity index (χ4n) is 2.38. The fraction of sp³-hybridized carbons (Fsp3) is 0.222. The zero-order valence-electron chi connectivity index (χ0n) is 14.2. The minimum atomic E-state index is -4.62. The van der Waals surface area contributed by atoms with Gasteiger partial charge in [0.15, 0.2) is 0 Å². The van der Waals surface area contributed by atoms with E-state index in [9.17, 15) is 27.9 Å². The molecule has 0 aliphatic heterocycles. The normalized spacial score (nSPS) is 11.1. The van der Waals surface area contributed by atoms with E-state index >= 15 is 0 Å². The second kappa shape index (κ2) is 8.43. The van der Waals surface area contributed by atoms with Crippen LogP contribution in [0.2, 0.25) is 0 Å². The second-order valence-electron chi connectivity index (χ2n) is 5.57. The number of aromatic hydroxyl groups is 1. The maximum atomic E-state index is 13.0. The first-order chi connectivity index (χ1) is 12.6. The van der Waals surface area contributed by atoms with Gasteiger partial charge in [-0.05, 0) is 37.3 Å². The van der Waals surface area contributed by atoms with Crippen LogP contribution in [-0.4, -0.2) is 34.9 Å². The highest BCUT2D eigenvalue weighted by molar-refractivity contribution is 9.10. The van der Waals surface area contributed by atoms with Crippen LogP contribution in [0, 0.1) is 0 Å². The standard InChI is InChI=1S/C18H16BrF3N2O3/c1-2-24(17(27)12-9-11(19)7-8-15(12)25)10-16(26)23-14-6-4-3-5-13(14)18(20,21)22/h3-9,25H,2,10H2,1H3,(H,23,26). The molecular weight excluding hydrogens is 429 g/mol. The number of likely N-dealkylation sites (N-methyl/N-ethyl adjacent to an activating group) is 1. The van der Waals surface area contributed by atoms with Gasteiger partial charge in [0.25, 0.3) is 5.91 Å². The van der Waals surface area contributed by atoms with Crippen molar-refractivity contribution in [2.45, 2.75) is 13.1 Å². The summed E-state index contributed by atoms with van der Waals surface area (Å²) in [6.45, 7) is 1.27. The lowest BCUT2D eigenvalue weighted by Crippen LogP contribution is -2.38. The smallest absolute Gasteiger partial charge is 0.418 e. The summed E-state index contributed by atoms with van der Waals surface area (Å²) < 4.78 is 39.6. The molecule has 0 saturated carbocycles. The molecule has 0 bridgehead atoms. The summed E-state index contributed by atoms with van der Waals surface area (Å²) in [6.07, 6.45) is -4.62. The number of halogens is 4. The Hall–Kier alpha value is -2.55. The summed E-state index contributed by atoms with van der Waals surface area (Å²) in [5.74, 6) is -1.66. The van der Waals surface area contributed by atoms with Crippen LogP contribution in [0.15, 0.2) is 46.9 Å². The van der Waals surface area contributed by atoms with Gasteiger partial charge in [-0.2, -0.15) is 13.2 Å². The van der Waals surface area contributed by atoms with E-state index in [0.717, 1.165) is 17.0 Å². The molecule has 0 heterocycles. The molecule has 0 saturated heterocycles. The average molecular weight is 445 g/mol. The lowest BCUT2D eigenvalue weighted by Gasteiger charge is -2.21. The summed E-state index contributed by atoms with van der Waals surface area (Å²) in [6, 6.07) is 8.85. The highest BCUT2D eigenvalue weighted by Crippen LogP contribution is 2.34. The van der Waals surface area contributed by atoms with Crippen molar-refractivity contribution in [3.63, 3.8) is 0 Å². The van der Waals surface area contributed by atoms with E-state index in [1.54, 1.807) is 13.0 Å². The molecule has 0 atom stereocenters. The van der Waals surface area contributed by atoms with Gasteiger partial charge in [-0.15, -0.1) is 0 Å². The van der Waals surface area contributed by atoms with Gasteiger partial charge in [-0.3, -0.25) is 9.59 Å². The van der Waals surface area contributed by atoms with E-state index in [1.807, 2.05) is 0 Å². The number of carbonyl (C=O) groups excluding carboxylic acids is 2. The summed E-state index contributed by atoms with van der Waals surface area (Å²) in [5, 5.41) is 12.0.